The summed E-state index contributed by atoms with van der Waals surface area (Å²) in [6.07, 6.45) is 4.20. The van der Waals surface area contributed by atoms with Crippen molar-refractivity contribution in [2.75, 3.05) is 0 Å². The molecule has 0 radical (unpaired) electrons. The van der Waals surface area contributed by atoms with Gasteiger partial charge in [-0.15, -0.1) is 0 Å². The fraction of sp³-hybridized carbons (Fsp3) is 0.0667. The second-order valence-corrected chi connectivity index (χ2v) is 4.32. The van der Waals surface area contributed by atoms with Crippen LogP contribution in [0.4, 0.5) is 0 Å². The Balaban J connectivity index is 1.92. The smallest absolute Gasteiger partial charge is 0.271 e. The van der Waals surface area contributed by atoms with Crippen molar-refractivity contribution >= 4 is 0 Å². The zero-order valence-electron chi connectivity index (χ0n) is 10.3. The summed E-state index contributed by atoms with van der Waals surface area (Å²) < 4.78 is 1.55. The van der Waals surface area contributed by atoms with Gasteiger partial charge in [0.1, 0.15) is 0 Å². The Morgan fingerprint density at radius 2 is 1.79 bits per heavy atom. The van der Waals surface area contributed by atoms with E-state index in [9.17, 15) is 4.79 Å². The molecular formula is C15H13N3O. The molecule has 4 heteroatoms. The standard InChI is InChI=1S/C15H13N3O/c19-15-11-13(10-12-6-8-16-9-7-12)17-18(15)14-4-2-1-3-5-14/h1-9,11,17H,10H2. The first-order chi connectivity index (χ1) is 9.33. The largest absolute Gasteiger partial charge is 0.295 e. The Kier molecular flexibility index (Phi) is 2.98. The van der Waals surface area contributed by atoms with Crippen LogP contribution in [0, 0.1) is 0 Å². The molecule has 0 aliphatic carbocycles. The fourth-order valence-corrected chi connectivity index (χ4v) is 2.02. The summed E-state index contributed by atoms with van der Waals surface area (Å²) in [6.45, 7) is 0. The van der Waals surface area contributed by atoms with E-state index < -0.39 is 0 Å². The molecule has 0 unspecified atom stereocenters. The van der Waals surface area contributed by atoms with Gasteiger partial charge in [0.2, 0.25) is 0 Å². The van der Waals surface area contributed by atoms with E-state index in [4.69, 9.17) is 0 Å². The van der Waals surface area contributed by atoms with Gasteiger partial charge >= 0.3 is 0 Å². The first-order valence-corrected chi connectivity index (χ1v) is 6.08. The van der Waals surface area contributed by atoms with Gasteiger partial charge in [0.15, 0.2) is 0 Å². The Labute approximate surface area is 110 Å². The quantitative estimate of drug-likeness (QED) is 0.775. The molecule has 2 aromatic heterocycles. The van der Waals surface area contributed by atoms with Crippen LogP contribution in [0.5, 0.6) is 0 Å². The number of rotatable bonds is 3. The van der Waals surface area contributed by atoms with Crippen LogP contribution in [0.3, 0.4) is 0 Å². The minimum atomic E-state index is -0.0461. The summed E-state index contributed by atoms with van der Waals surface area (Å²) in [5.41, 5.74) is 2.81. The predicted molar refractivity (Wildman–Crippen MR) is 73.4 cm³/mol. The summed E-state index contributed by atoms with van der Waals surface area (Å²) >= 11 is 0. The molecule has 94 valence electrons. The molecule has 0 atom stereocenters. The minimum Gasteiger partial charge on any atom is -0.295 e. The summed E-state index contributed by atoms with van der Waals surface area (Å²) in [6, 6.07) is 15.1. The molecule has 0 amide bonds. The SMILES string of the molecule is O=c1cc(Cc2ccncc2)[nH]n1-c1ccccc1. The number of para-hydroxylation sites is 1. The van der Waals surface area contributed by atoms with Crippen LogP contribution in [0.15, 0.2) is 65.7 Å². The van der Waals surface area contributed by atoms with Gasteiger partial charge < -0.3 is 0 Å². The maximum atomic E-state index is 12.0. The third kappa shape index (κ3) is 2.47. The van der Waals surface area contributed by atoms with Crippen LogP contribution in [0.25, 0.3) is 5.69 Å². The number of nitrogens with zero attached hydrogens (tertiary/aromatic N) is 2. The molecule has 3 aromatic rings. The maximum Gasteiger partial charge on any atom is 0.271 e. The first-order valence-electron chi connectivity index (χ1n) is 6.08. The number of hydrogen-bond donors (Lipinski definition) is 1. The molecule has 0 aliphatic rings. The second kappa shape index (κ2) is 4.94. The highest BCUT2D eigenvalue weighted by molar-refractivity contribution is 5.31. The van der Waals surface area contributed by atoms with Crippen molar-refractivity contribution in [3.8, 4) is 5.69 Å². The summed E-state index contributed by atoms with van der Waals surface area (Å²) in [7, 11) is 0. The third-order valence-electron chi connectivity index (χ3n) is 2.93. The normalized spacial score (nSPS) is 10.5. The highest BCUT2D eigenvalue weighted by Gasteiger charge is 2.05. The first kappa shape index (κ1) is 11.5. The van der Waals surface area contributed by atoms with Crippen LogP contribution in [-0.2, 0) is 6.42 Å². The van der Waals surface area contributed by atoms with Gasteiger partial charge in [0.05, 0.1) is 5.69 Å². The van der Waals surface area contributed by atoms with Crippen LogP contribution in [0.1, 0.15) is 11.3 Å². The monoisotopic (exact) mass is 251 g/mol. The average Bonchev–Trinajstić information content (AvgIpc) is 2.82. The number of pyridine rings is 1. The number of H-pyrrole nitrogens is 1. The van der Waals surface area contributed by atoms with E-state index in [1.807, 2.05) is 42.5 Å². The lowest BCUT2D eigenvalue weighted by Crippen LogP contribution is -2.12. The van der Waals surface area contributed by atoms with Gasteiger partial charge in [-0.05, 0) is 29.8 Å². The van der Waals surface area contributed by atoms with E-state index in [0.717, 1.165) is 16.9 Å². The molecule has 4 nitrogen and oxygen atoms in total. The molecule has 0 spiro atoms. The number of hydrogen-bond acceptors (Lipinski definition) is 2. The highest BCUT2D eigenvalue weighted by Crippen LogP contribution is 2.07. The molecule has 1 N–H and O–H groups in total. The molecule has 0 fully saturated rings. The maximum absolute atomic E-state index is 12.0. The van der Waals surface area contributed by atoms with Crippen molar-refractivity contribution in [2.45, 2.75) is 6.42 Å². The van der Waals surface area contributed by atoms with E-state index in [1.165, 1.54) is 0 Å². The van der Waals surface area contributed by atoms with Crippen LogP contribution < -0.4 is 5.56 Å². The molecule has 0 saturated carbocycles. The average molecular weight is 251 g/mol. The van der Waals surface area contributed by atoms with E-state index in [2.05, 4.69) is 10.1 Å². The summed E-state index contributed by atoms with van der Waals surface area (Å²) in [5.74, 6) is 0. The predicted octanol–water partition coefficient (Wildman–Crippen LogP) is 2.15. The molecule has 0 saturated heterocycles. The third-order valence-corrected chi connectivity index (χ3v) is 2.93. The zero-order chi connectivity index (χ0) is 13.1. The van der Waals surface area contributed by atoms with Crippen molar-refractivity contribution in [1.82, 2.24) is 14.8 Å². The van der Waals surface area contributed by atoms with Gasteiger partial charge in [0, 0.05) is 30.6 Å². The molecule has 0 aliphatic heterocycles. The molecule has 0 bridgehead atoms. The van der Waals surface area contributed by atoms with Crippen molar-refractivity contribution in [3.05, 3.63) is 82.5 Å². The lowest BCUT2D eigenvalue weighted by molar-refractivity contribution is 0.824. The van der Waals surface area contributed by atoms with Gasteiger partial charge in [-0.1, -0.05) is 18.2 Å². The van der Waals surface area contributed by atoms with Crippen molar-refractivity contribution in [2.24, 2.45) is 0 Å². The van der Waals surface area contributed by atoms with E-state index in [1.54, 1.807) is 23.1 Å². The topological polar surface area (TPSA) is 50.7 Å². The van der Waals surface area contributed by atoms with Crippen LogP contribution >= 0.6 is 0 Å². The van der Waals surface area contributed by atoms with E-state index >= 15 is 0 Å². The highest BCUT2D eigenvalue weighted by atomic mass is 16.1. The lowest BCUT2D eigenvalue weighted by atomic mass is 10.1. The Bertz CT molecular complexity index is 714. The number of aromatic nitrogens is 3. The fourth-order valence-electron chi connectivity index (χ4n) is 2.02. The van der Waals surface area contributed by atoms with Gasteiger partial charge in [-0.25, -0.2) is 4.68 Å². The lowest BCUT2D eigenvalue weighted by Gasteiger charge is -2.01. The van der Waals surface area contributed by atoms with Crippen molar-refractivity contribution in [3.63, 3.8) is 0 Å². The van der Waals surface area contributed by atoms with Gasteiger partial charge in [-0.3, -0.25) is 14.9 Å². The van der Waals surface area contributed by atoms with E-state index in [-0.39, 0.29) is 5.56 Å². The van der Waals surface area contributed by atoms with Crippen LogP contribution in [-0.4, -0.2) is 14.8 Å². The number of aromatic amines is 1. The molecule has 1 aromatic carbocycles. The van der Waals surface area contributed by atoms with Gasteiger partial charge in [0.25, 0.3) is 5.56 Å². The minimum absolute atomic E-state index is 0.0461. The number of benzene rings is 1. The van der Waals surface area contributed by atoms with Crippen molar-refractivity contribution < 1.29 is 0 Å². The van der Waals surface area contributed by atoms with Crippen molar-refractivity contribution in [1.29, 1.82) is 0 Å². The molecule has 19 heavy (non-hydrogen) atoms. The summed E-state index contributed by atoms with van der Waals surface area (Å²) in [4.78, 5) is 15.9. The second-order valence-electron chi connectivity index (χ2n) is 4.32. The zero-order valence-corrected chi connectivity index (χ0v) is 10.3. The van der Waals surface area contributed by atoms with Crippen LogP contribution in [0.2, 0.25) is 0 Å². The molecule has 2 heterocycles. The Morgan fingerprint density at radius 1 is 1.05 bits per heavy atom. The van der Waals surface area contributed by atoms with Gasteiger partial charge in [-0.2, -0.15) is 0 Å². The Morgan fingerprint density at radius 3 is 2.53 bits per heavy atom. The molecule has 3 rings (SSSR count). The number of nitrogens with one attached hydrogen (secondary N) is 1. The van der Waals surface area contributed by atoms with E-state index in [0.29, 0.717) is 6.42 Å². The Hall–Kier alpha value is -2.62. The molecular weight excluding hydrogens is 238 g/mol. The summed E-state index contributed by atoms with van der Waals surface area (Å²) in [5, 5.41) is 3.13.